The number of carbonyl (C=O) groups is 1. The first kappa shape index (κ1) is 16.5. The van der Waals surface area contributed by atoms with E-state index in [1.54, 1.807) is 21.3 Å². The number of carbonyl (C=O) groups excluding carboxylic acids is 1. The van der Waals surface area contributed by atoms with Crippen LogP contribution in [0.1, 0.15) is 12.8 Å². The van der Waals surface area contributed by atoms with Gasteiger partial charge < -0.3 is 23.3 Å². The van der Waals surface area contributed by atoms with Crippen LogP contribution in [-0.4, -0.2) is 56.3 Å². The lowest BCUT2D eigenvalue weighted by atomic mass is 10.4. The van der Waals surface area contributed by atoms with Crippen LogP contribution >= 0.6 is 0 Å². The lowest BCUT2D eigenvalue weighted by Crippen LogP contribution is -2.43. The Hall–Kier alpha value is -0.473. The lowest BCUT2D eigenvalue weighted by molar-refractivity contribution is -0.140. The number of nitrogens with one attached hydrogen (secondary N) is 1. The Morgan fingerprint density at radius 3 is 2.12 bits per heavy atom. The number of ether oxygens (including phenoxy) is 1. The Labute approximate surface area is 104 Å². The summed E-state index contributed by atoms with van der Waals surface area (Å²) in [7, 11) is 3.75. The van der Waals surface area contributed by atoms with Crippen LogP contribution in [0.4, 0.5) is 0 Å². The van der Waals surface area contributed by atoms with E-state index in [9.17, 15) is 4.79 Å². The van der Waals surface area contributed by atoms with Crippen LogP contribution in [0.25, 0.3) is 0 Å². The van der Waals surface area contributed by atoms with Crippen molar-refractivity contribution in [3.05, 3.63) is 0 Å². The Bertz CT molecular complexity index is 203. The molecule has 1 N–H and O–H groups in total. The number of hydrogen-bond donors (Lipinski definition) is 1. The van der Waals surface area contributed by atoms with Gasteiger partial charge in [0, 0.05) is 33.9 Å². The third-order valence-corrected chi connectivity index (χ3v) is 5.34. The smallest absolute Gasteiger partial charge is 0.469 e. The molecule has 0 aromatic rings. The van der Waals surface area contributed by atoms with Gasteiger partial charge in [-0.25, -0.2) is 0 Å². The summed E-state index contributed by atoms with van der Waals surface area (Å²) in [6, 6.07) is 0.752. The van der Waals surface area contributed by atoms with Crippen LogP contribution in [-0.2, 0) is 22.8 Å². The minimum Gasteiger partial charge on any atom is -0.469 e. The van der Waals surface area contributed by atoms with E-state index >= 15 is 0 Å². The van der Waals surface area contributed by atoms with Crippen LogP contribution in [0.15, 0.2) is 0 Å². The van der Waals surface area contributed by atoms with Crippen molar-refractivity contribution in [3.63, 3.8) is 0 Å². The maximum absolute atomic E-state index is 10.8. The Balaban J connectivity index is 3.59. The molecule has 0 atom stereocenters. The summed E-state index contributed by atoms with van der Waals surface area (Å²) in [6.45, 7) is 1.41. The number of methoxy groups -OCH3 is 1. The third kappa shape index (κ3) is 6.74. The molecular weight excluding hydrogens is 242 g/mol. The van der Waals surface area contributed by atoms with E-state index in [-0.39, 0.29) is 5.97 Å². The molecule has 102 valence electrons. The second kappa shape index (κ2) is 9.55. The summed E-state index contributed by atoms with van der Waals surface area (Å²) in [5.74, 6) is -0.202. The van der Waals surface area contributed by atoms with Crippen molar-refractivity contribution in [1.29, 1.82) is 0 Å². The average molecular weight is 265 g/mol. The zero-order valence-corrected chi connectivity index (χ0v) is 12.1. The minimum absolute atomic E-state index is 0.202. The molecule has 7 heteroatoms. The molecule has 0 rings (SSSR count). The molecule has 0 radical (unpaired) electrons. The third-order valence-electron chi connectivity index (χ3n) is 2.50. The molecule has 0 spiro atoms. The number of rotatable bonds is 10. The summed E-state index contributed by atoms with van der Waals surface area (Å²) in [4.78, 5) is 10.8. The van der Waals surface area contributed by atoms with Crippen molar-refractivity contribution >= 4 is 14.8 Å². The van der Waals surface area contributed by atoms with E-state index in [1.165, 1.54) is 7.11 Å². The van der Waals surface area contributed by atoms with Gasteiger partial charge in [-0.2, -0.15) is 0 Å². The zero-order chi connectivity index (χ0) is 13.1. The van der Waals surface area contributed by atoms with Gasteiger partial charge in [0.05, 0.1) is 13.5 Å². The molecule has 0 aliphatic carbocycles. The van der Waals surface area contributed by atoms with Gasteiger partial charge in [-0.1, -0.05) is 0 Å². The predicted octanol–water partition coefficient (Wildman–Crippen LogP) is 0.407. The fourth-order valence-corrected chi connectivity index (χ4v) is 3.13. The largest absolute Gasteiger partial charge is 0.500 e. The van der Waals surface area contributed by atoms with Crippen LogP contribution in [0.3, 0.4) is 0 Å². The van der Waals surface area contributed by atoms with E-state index in [0.717, 1.165) is 19.0 Å². The van der Waals surface area contributed by atoms with Gasteiger partial charge in [-0.05, 0) is 13.0 Å². The Morgan fingerprint density at radius 2 is 1.65 bits per heavy atom. The van der Waals surface area contributed by atoms with Crippen molar-refractivity contribution < 1.29 is 22.8 Å². The molecule has 0 saturated carbocycles. The molecule has 0 bridgehead atoms. The second-order valence-corrected chi connectivity index (χ2v) is 6.57. The van der Waals surface area contributed by atoms with Crippen molar-refractivity contribution in [1.82, 2.24) is 5.32 Å². The maximum Gasteiger partial charge on any atom is 0.500 e. The standard InChI is InChI=1S/C10H23NO5Si/c1-13-10(12)6-8-11-7-5-9-17(14-2,15-3)16-4/h11H,5-9H2,1-4H3. The highest BCUT2D eigenvalue weighted by Gasteiger charge is 2.36. The molecule has 0 amide bonds. The highest BCUT2D eigenvalue weighted by Crippen LogP contribution is 2.14. The average Bonchev–Trinajstić information content (AvgIpc) is 2.38. The molecule has 0 aromatic heterocycles. The van der Waals surface area contributed by atoms with Gasteiger partial charge in [0.2, 0.25) is 0 Å². The zero-order valence-electron chi connectivity index (χ0n) is 11.1. The molecular formula is C10H23NO5Si. The van der Waals surface area contributed by atoms with E-state index in [1.807, 2.05) is 0 Å². The number of esters is 1. The van der Waals surface area contributed by atoms with Crippen LogP contribution in [0, 0.1) is 0 Å². The molecule has 0 heterocycles. The van der Waals surface area contributed by atoms with Crippen molar-refractivity contribution in [2.45, 2.75) is 18.9 Å². The summed E-state index contributed by atoms with van der Waals surface area (Å²) in [5.41, 5.74) is 0. The topological polar surface area (TPSA) is 66.0 Å². The molecule has 0 aliphatic heterocycles. The van der Waals surface area contributed by atoms with Crippen molar-refractivity contribution in [2.75, 3.05) is 41.5 Å². The van der Waals surface area contributed by atoms with Crippen molar-refractivity contribution in [2.24, 2.45) is 0 Å². The SMILES string of the molecule is COC(=O)CCNCCC[Si](OC)(OC)OC. The normalized spacial score (nSPS) is 11.5. The molecule has 0 unspecified atom stereocenters. The highest BCUT2D eigenvalue weighted by molar-refractivity contribution is 6.60. The molecule has 0 aliphatic rings. The highest BCUT2D eigenvalue weighted by atomic mass is 28.4. The van der Waals surface area contributed by atoms with Gasteiger partial charge in [-0.15, -0.1) is 0 Å². The fraction of sp³-hybridized carbons (Fsp3) is 0.900. The summed E-state index contributed by atoms with van der Waals surface area (Å²) >= 11 is 0. The summed E-state index contributed by atoms with van der Waals surface area (Å²) in [5, 5.41) is 3.15. The van der Waals surface area contributed by atoms with Gasteiger partial charge in [0.1, 0.15) is 0 Å². The molecule has 0 saturated heterocycles. The minimum atomic E-state index is -2.44. The number of hydrogen-bond acceptors (Lipinski definition) is 6. The molecule has 0 fully saturated rings. The quantitative estimate of drug-likeness (QED) is 0.350. The fourth-order valence-electron chi connectivity index (χ4n) is 1.40. The van der Waals surface area contributed by atoms with Crippen LogP contribution < -0.4 is 5.32 Å². The van der Waals surface area contributed by atoms with Crippen LogP contribution in [0.5, 0.6) is 0 Å². The maximum atomic E-state index is 10.8. The van der Waals surface area contributed by atoms with Gasteiger partial charge >= 0.3 is 14.8 Å². The lowest BCUT2D eigenvalue weighted by Gasteiger charge is -2.24. The summed E-state index contributed by atoms with van der Waals surface area (Å²) < 4.78 is 20.4. The summed E-state index contributed by atoms with van der Waals surface area (Å²) in [6.07, 6.45) is 1.26. The first-order valence-corrected chi connectivity index (χ1v) is 7.50. The molecule has 17 heavy (non-hydrogen) atoms. The van der Waals surface area contributed by atoms with Gasteiger partial charge in [0.25, 0.3) is 0 Å². The van der Waals surface area contributed by atoms with E-state index in [0.29, 0.717) is 13.0 Å². The Kier molecular flexibility index (Phi) is 9.28. The Morgan fingerprint density at radius 1 is 1.06 bits per heavy atom. The monoisotopic (exact) mass is 265 g/mol. The molecule has 0 aromatic carbocycles. The second-order valence-electron chi connectivity index (χ2n) is 3.48. The van der Waals surface area contributed by atoms with E-state index in [4.69, 9.17) is 13.3 Å². The predicted molar refractivity (Wildman–Crippen MR) is 65.7 cm³/mol. The first-order valence-electron chi connectivity index (χ1n) is 5.57. The van der Waals surface area contributed by atoms with Crippen molar-refractivity contribution in [3.8, 4) is 0 Å². The van der Waals surface area contributed by atoms with Gasteiger partial charge in [0.15, 0.2) is 0 Å². The van der Waals surface area contributed by atoms with Gasteiger partial charge in [-0.3, -0.25) is 4.79 Å². The van der Waals surface area contributed by atoms with Crippen LogP contribution in [0.2, 0.25) is 6.04 Å². The van der Waals surface area contributed by atoms with E-state index in [2.05, 4.69) is 10.1 Å². The van der Waals surface area contributed by atoms with E-state index < -0.39 is 8.80 Å². The first-order chi connectivity index (χ1) is 8.14. The molecule has 6 nitrogen and oxygen atoms in total.